The summed E-state index contributed by atoms with van der Waals surface area (Å²) in [6.07, 6.45) is 1.35. The van der Waals surface area contributed by atoms with Gasteiger partial charge in [0.2, 0.25) is 5.91 Å². The van der Waals surface area contributed by atoms with Crippen LogP contribution in [0.3, 0.4) is 0 Å². The molecule has 2 N–H and O–H groups in total. The fourth-order valence-electron chi connectivity index (χ4n) is 2.52. The Morgan fingerprint density at radius 2 is 1.95 bits per heavy atom. The molecule has 1 aliphatic rings. The van der Waals surface area contributed by atoms with Crippen molar-refractivity contribution in [2.75, 3.05) is 31.2 Å². The maximum absolute atomic E-state index is 11.1. The van der Waals surface area contributed by atoms with Gasteiger partial charge in [-0.2, -0.15) is 0 Å². The van der Waals surface area contributed by atoms with Crippen molar-refractivity contribution in [3.05, 3.63) is 29.8 Å². The minimum absolute atomic E-state index is 0.232. The van der Waals surface area contributed by atoms with E-state index in [1.54, 1.807) is 0 Å². The number of primary amides is 1. The number of hydrogen-bond donors (Lipinski definition) is 1. The first-order chi connectivity index (χ1) is 9.20. The van der Waals surface area contributed by atoms with Gasteiger partial charge in [0.25, 0.3) is 0 Å². The number of carbonyl (C=O) groups is 1. The number of nitrogens with two attached hydrogens (primary N) is 1. The lowest BCUT2D eigenvalue weighted by Crippen LogP contribution is -2.36. The Hall–Kier alpha value is -1.55. The van der Waals surface area contributed by atoms with Crippen LogP contribution in [0.4, 0.5) is 5.69 Å². The van der Waals surface area contributed by atoms with Crippen LogP contribution in [-0.2, 0) is 9.53 Å². The second-order valence-corrected chi connectivity index (χ2v) is 4.97. The maximum atomic E-state index is 11.1. The zero-order valence-electron chi connectivity index (χ0n) is 11.5. The average molecular weight is 262 g/mol. The van der Waals surface area contributed by atoms with Crippen molar-refractivity contribution in [1.82, 2.24) is 0 Å². The molecule has 1 saturated heterocycles. The fraction of sp³-hybridized carbons (Fsp3) is 0.533. The molecular weight excluding hydrogens is 240 g/mol. The van der Waals surface area contributed by atoms with Crippen molar-refractivity contribution in [1.29, 1.82) is 0 Å². The molecule has 2 rings (SSSR count). The first-order valence-electron chi connectivity index (χ1n) is 6.91. The molecule has 4 heteroatoms. The zero-order valence-corrected chi connectivity index (χ0v) is 11.5. The van der Waals surface area contributed by atoms with E-state index in [9.17, 15) is 4.79 Å². The van der Waals surface area contributed by atoms with Gasteiger partial charge in [-0.05, 0) is 30.0 Å². The van der Waals surface area contributed by atoms with E-state index in [2.05, 4.69) is 36.1 Å². The van der Waals surface area contributed by atoms with Gasteiger partial charge in [-0.3, -0.25) is 4.79 Å². The number of morpholine rings is 1. The minimum Gasteiger partial charge on any atom is -0.378 e. The van der Waals surface area contributed by atoms with Gasteiger partial charge in [-0.1, -0.05) is 19.1 Å². The van der Waals surface area contributed by atoms with Crippen LogP contribution >= 0.6 is 0 Å². The van der Waals surface area contributed by atoms with Crippen molar-refractivity contribution < 1.29 is 9.53 Å². The molecule has 0 spiro atoms. The number of carbonyl (C=O) groups excluding carboxylic acids is 1. The molecule has 0 aromatic heterocycles. The lowest BCUT2D eigenvalue weighted by molar-refractivity contribution is -0.118. The van der Waals surface area contributed by atoms with E-state index in [1.807, 2.05) is 0 Å². The molecule has 0 aliphatic carbocycles. The molecule has 1 aromatic carbocycles. The van der Waals surface area contributed by atoms with E-state index in [1.165, 1.54) is 11.3 Å². The number of hydrogen-bond acceptors (Lipinski definition) is 3. The molecule has 0 radical (unpaired) electrons. The molecule has 4 nitrogen and oxygen atoms in total. The molecule has 1 heterocycles. The number of amides is 1. The Balaban J connectivity index is 2.05. The van der Waals surface area contributed by atoms with Crippen LogP contribution < -0.4 is 10.6 Å². The zero-order chi connectivity index (χ0) is 13.7. The van der Waals surface area contributed by atoms with Crippen molar-refractivity contribution in [2.45, 2.75) is 25.7 Å². The van der Waals surface area contributed by atoms with E-state index < -0.39 is 0 Å². The summed E-state index contributed by atoms with van der Waals surface area (Å²) in [4.78, 5) is 13.4. The van der Waals surface area contributed by atoms with E-state index >= 15 is 0 Å². The van der Waals surface area contributed by atoms with Gasteiger partial charge < -0.3 is 15.4 Å². The van der Waals surface area contributed by atoms with Gasteiger partial charge in [-0.15, -0.1) is 0 Å². The lowest BCUT2D eigenvalue weighted by Gasteiger charge is -2.29. The Morgan fingerprint density at radius 3 is 2.47 bits per heavy atom. The number of nitrogens with zero attached hydrogens (tertiary/aromatic N) is 1. The van der Waals surface area contributed by atoms with Crippen molar-refractivity contribution in [3.8, 4) is 0 Å². The predicted octanol–water partition coefficient (Wildman–Crippen LogP) is 1.89. The van der Waals surface area contributed by atoms with Gasteiger partial charge in [0.15, 0.2) is 0 Å². The van der Waals surface area contributed by atoms with Crippen LogP contribution in [0.1, 0.15) is 31.2 Å². The molecule has 1 aliphatic heterocycles. The van der Waals surface area contributed by atoms with Gasteiger partial charge in [0.05, 0.1) is 13.2 Å². The van der Waals surface area contributed by atoms with Gasteiger partial charge in [-0.25, -0.2) is 0 Å². The summed E-state index contributed by atoms with van der Waals surface area (Å²) in [7, 11) is 0. The van der Waals surface area contributed by atoms with Crippen LogP contribution in [0.2, 0.25) is 0 Å². The Bertz CT molecular complexity index is 411. The standard InChI is InChI=1S/C15H22N2O2/c1-2-12(11-15(16)18)13-3-5-14(6-4-13)17-7-9-19-10-8-17/h3-6,12H,2,7-11H2,1H3,(H2,16,18). The monoisotopic (exact) mass is 262 g/mol. The SMILES string of the molecule is CCC(CC(N)=O)c1ccc(N2CCOCC2)cc1. The largest absolute Gasteiger partial charge is 0.378 e. The highest BCUT2D eigenvalue weighted by Gasteiger charge is 2.14. The van der Waals surface area contributed by atoms with Gasteiger partial charge >= 0.3 is 0 Å². The minimum atomic E-state index is -0.232. The van der Waals surface area contributed by atoms with Crippen LogP contribution in [-0.4, -0.2) is 32.2 Å². The number of benzene rings is 1. The van der Waals surface area contributed by atoms with Crippen LogP contribution in [0, 0.1) is 0 Å². The predicted molar refractivity (Wildman–Crippen MR) is 76.3 cm³/mol. The average Bonchev–Trinajstić information content (AvgIpc) is 2.46. The molecule has 1 aromatic rings. The first kappa shape index (κ1) is 13.9. The highest BCUT2D eigenvalue weighted by atomic mass is 16.5. The summed E-state index contributed by atoms with van der Waals surface area (Å²) in [5, 5.41) is 0. The van der Waals surface area contributed by atoms with Crippen molar-refractivity contribution >= 4 is 11.6 Å². The Kier molecular flexibility index (Phi) is 4.80. The number of anilines is 1. The molecule has 1 atom stereocenters. The van der Waals surface area contributed by atoms with Crippen LogP contribution in [0.15, 0.2) is 24.3 Å². The first-order valence-corrected chi connectivity index (χ1v) is 6.91. The van der Waals surface area contributed by atoms with Crippen molar-refractivity contribution in [3.63, 3.8) is 0 Å². The molecule has 0 bridgehead atoms. The van der Waals surface area contributed by atoms with Crippen LogP contribution in [0.5, 0.6) is 0 Å². The smallest absolute Gasteiger partial charge is 0.218 e. The fourth-order valence-corrected chi connectivity index (χ4v) is 2.52. The summed E-state index contributed by atoms with van der Waals surface area (Å²) < 4.78 is 5.35. The summed E-state index contributed by atoms with van der Waals surface area (Å²) in [6.45, 7) is 5.56. The topological polar surface area (TPSA) is 55.6 Å². The van der Waals surface area contributed by atoms with Gasteiger partial charge in [0, 0.05) is 25.2 Å². The molecule has 1 amide bonds. The van der Waals surface area contributed by atoms with Crippen LogP contribution in [0.25, 0.3) is 0 Å². The highest BCUT2D eigenvalue weighted by Crippen LogP contribution is 2.25. The Labute approximate surface area is 114 Å². The summed E-state index contributed by atoms with van der Waals surface area (Å²) in [5.74, 6) is 0.000319. The number of ether oxygens (including phenoxy) is 1. The third-order valence-corrected chi connectivity index (χ3v) is 3.68. The van der Waals surface area contributed by atoms with Gasteiger partial charge in [0.1, 0.15) is 0 Å². The van der Waals surface area contributed by atoms with Crippen molar-refractivity contribution in [2.24, 2.45) is 5.73 Å². The lowest BCUT2D eigenvalue weighted by atomic mass is 9.93. The Morgan fingerprint density at radius 1 is 1.32 bits per heavy atom. The van der Waals surface area contributed by atoms with E-state index in [0.717, 1.165) is 32.7 Å². The van der Waals surface area contributed by atoms with E-state index in [-0.39, 0.29) is 11.8 Å². The molecule has 1 unspecified atom stereocenters. The summed E-state index contributed by atoms with van der Waals surface area (Å²) in [5.41, 5.74) is 7.71. The quantitative estimate of drug-likeness (QED) is 0.881. The highest BCUT2D eigenvalue weighted by molar-refractivity contribution is 5.74. The molecule has 1 fully saturated rings. The number of rotatable bonds is 5. The second kappa shape index (κ2) is 6.57. The third-order valence-electron chi connectivity index (χ3n) is 3.68. The molecular formula is C15H22N2O2. The van der Waals surface area contributed by atoms with E-state index in [0.29, 0.717) is 6.42 Å². The maximum Gasteiger partial charge on any atom is 0.218 e. The third kappa shape index (κ3) is 3.70. The summed E-state index contributed by atoms with van der Waals surface area (Å²) >= 11 is 0. The van der Waals surface area contributed by atoms with E-state index in [4.69, 9.17) is 10.5 Å². The molecule has 104 valence electrons. The molecule has 19 heavy (non-hydrogen) atoms. The second-order valence-electron chi connectivity index (χ2n) is 4.97. The molecule has 0 saturated carbocycles. The normalized spacial score (nSPS) is 17.2. The summed E-state index contributed by atoms with van der Waals surface area (Å²) in [6, 6.07) is 8.48.